The minimum absolute atomic E-state index is 0.134. The van der Waals surface area contributed by atoms with Crippen molar-refractivity contribution in [1.29, 1.82) is 0 Å². The topological polar surface area (TPSA) is 66.5 Å². The van der Waals surface area contributed by atoms with Crippen molar-refractivity contribution < 1.29 is 13.2 Å². The lowest BCUT2D eigenvalue weighted by Crippen LogP contribution is -2.41. The van der Waals surface area contributed by atoms with E-state index in [1.54, 1.807) is 19.1 Å². The second-order valence-corrected chi connectivity index (χ2v) is 7.58. The Kier molecular flexibility index (Phi) is 4.82. The van der Waals surface area contributed by atoms with Gasteiger partial charge in [-0.05, 0) is 37.1 Å². The fourth-order valence-electron chi connectivity index (χ4n) is 1.78. The van der Waals surface area contributed by atoms with E-state index in [-0.39, 0.29) is 29.9 Å². The highest BCUT2D eigenvalue weighted by Crippen LogP contribution is 2.20. The van der Waals surface area contributed by atoms with Gasteiger partial charge in [-0.15, -0.1) is 0 Å². The normalized spacial score (nSPS) is 15.3. The molecule has 7 heteroatoms. The summed E-state index contributed by atoms with van der Waals surface area (Å²) in [5.74, 6) is -0.241. The van der Waals surface area contributed by atoms with Gasteiger partial charge in [-0.2, -0.15) is 4.31 Å². The predicted octanol–water partition coefficient (Wildman–Crippen LogP) is 1.74. The van der Waals surface area contributed by atoms with Crippen LogP contribution in [-0.2, 0) is 14.8 Å². The second-order valence-electron chi connectivity index (χ2n) is 4.73. The van der Waals surface area contributed by atoms with E-state index in [0.29, 0.717) is 0 Å². The Morgan fingerprint density at radius 1 is 1.35 bits per heavy atom. The smallest absolute Gasteiger partial charge is 0.243 e. The third-order valence-corrected chi connectivity index (χ3v) is 5.53. The maximum atomic E-state index is 12.4. The van der Waals surface area contributed by atoms with Crippen LogP contribution in [0.1, 0.15) is 19.8 Å². The highest BCUT2D eigenvalue weighted by molar-refractivity contribution is 9.10. The number of carbonyl (C=O) groups excluding carboxylic acids is 1. The maximum absolute atomic E-state index is 12.4. The Morgan fingerprint density at radius 2 is 1.95 bits per heavy atom. The maximum Gasteiger partial charge on any atom is 0.243 e. The summed E-state index contributed by atoms with van der Waals surface area (Å²) in [5, 5.41) is 2.80. The molecule has 0 bridgehead atoms. The summed E-state index contributed by atoms with van der Waals surface area (Å²) in [7, 11) is -3.63. The van der Waals surface area contributed by atoms with Gasteiger partial charge in [-0.25, -0.2) is 8.42 Å². The van der Waals surface area contributed by atoms with E-state index in [1.807, 2.05) is 0 Å². The molecule has 20 heavy (non-hydrogen) atoms. The Labute approximate surface area is 127 Å². The Balaban J connectivity index is 2.11. The van der Waals surface area contributed by atoms with Crippen LogP contribution in [0.15, 0.2) is 33.6 Å². The van der Waals surface area contributed by atoms with Crippen molar-refractivity contribution in [2.75, 3.05) is 13.1 Å². The highest BCUT2D eigenvalue weighted by atomic mass is 79.9. The lowest BCUT2D eigenvalue weighted by molar-refractivity contribution is -0.121. The summed E-state index contributed by atoms with van der Waals surface area (Å²) >= 11 is 3.27. The molecule has 0 spiro atoms. The third-order valence-electron chi connectivity index (χ3n) is 3.07. The minimum atomic E-state index is -3.63. The van der Waals surface area contributed by atoms with Crippen LogP contribution >= 0.6 is 15.9 Å². The minimum Gasteiger partial charge on any atom is -0.352 e. The van der Waals surface area contributed by atoms with Crippen LogP contribution in [0, 0.1) is 0 Å². The number of hydrogen-bond acceptors (Lipinski definition) is 3. The van der Waals surface area contributed by atoms with Gasteiger partial charge < -0.3 is 5.32 Å². The molecule has 0 radical (unpaired) electrons. The van der Waals surface area contributed by atoms with E-state index >= 15 is 0 Å². The number of carbonyl (C=O) groups is 1. The zero-order valence-corrected chi connectivity index (χ0v) is 13.6. The van der Waals surface area contributed by atoms with Crippen LogP contribution in [0.5, 0.6) is 0 Å². The highest BCUT2D eigenvalue weighted by Gasteiger charge is 2.28. The van der Waals surface area contributed by atoms with Gasteiger partial charge in [0.25, 0.3) is 0 Å². The van der Waals surface area contributed by atoms with Crippen molar-refractivity contribution in [3.05, 3.63) is 28.7 Å². The molecule has 1 aromatic rings. The number of benzene rings is 1. The van der Waals surface area contributed by atoms with E-state index in [0.717, 1.165) is 17.3 Å². The SMILES string of the molecule is CCN(CC(=O)NC1CC1)S(=O)(=O)c1ccc(Br)cc1. The van der Waals surface area contributed by atoms with Crippen LogP contribution in [0.25, 0.3) is 0 Å². The molecule has 1 N–H and O–H groups in total. The van der Waals surface area contributed by atoms with E-state index in [1.165, 1.54) is 16.4 Å². The monoisotopic (exact) mass is 360 g/mol. The van der Waals surface area contributed by atoms with Crippen molar-refractivity contribution >= 4 is 31.9 Å². The number of sulfonamides is 1. The summed E-state index contributed by atoms with van der Waals surface area (Å²) in [4.78, 5) is 12.0. The van der Waals surface area contributed by atoms with Crippen molar-refractivity contribution in [2.24, 2.45) is 0 Å². The number of halogens is 1. The number of hydrogen-bond donors (Lipinski definition) is 1. The first-order valence-electron chi connectivity index (χ1n) is 6.48. The predicted molar refractivity (Wildman–Crippen MR) is 79.7 cm³/mol. The quantitative estimate of drug-likeness (QED) is 0.839. The van der Waals surface area contributed by atoms with Crippen LogP contribution < -0.4 is 5.32 Å². The summed E-state index contributed by atoms with van der Waals surface area (Å²) in [6.45, 7) is 1.85. The average Bonchev–Trinajstić information content (AvgIpc) is 3.20. The first kappa shape index (κ1) is 15.5. The first-order chi connectivity index (χ1) is 9.43. The Morgan fingerprint density at radius 3 is 2.45 bits per heavy atom. The molecule has 2 rings (SSSR count). The number of amides is 1. The molecule has 0 aromatic heterocycles. The zero-order chi connectivity index (χ0) is 14.8. The molecule has 1 fully saturated rings. The molecule has 0 heterocycles. The summed E-state index contributed by atoms with van der Waals surface area (Å²) in [6, 6.07) is 6.63. The summed E-state index contributed by atoms with van der Waals surface area (Å²) < 4.78 is 26.9. The number of nitrogens with one attached hydrogen (secondary N) is 1. The van der Waals surface area contributed by atoms with Gasteiger partial charge in [0.2, 0.25) is 15.9 Å². The molecular weight excluding hydrogens is 344 g/mol. The van der Waals surface area contributed by atoms with E-state index < -0.39 is 10.0 Å². The lowest BCUT2D eigenvalue weighted by atomic mass is 10.4. The molecule has 5 nitrogen and oxygen atoms in total. The number of likely N-dealkylation sites (N-methyl/N-ethyl adjacent to an activating group) is 1. The zero-order valence-electron chi connectivity index (χ0n) is 11.2. The van der Waals surface area contributed by atoms with Gasteiger partial charge in [0, 0.05) is 17.1 Å². The van der Waals surface area contributed by atoms with Crippen molar-refractivity contribution in [1.82, 2.24) is 9.62 Å². The lowest BCUT2D eigenvalue weighted by Gasteiger charge is -2.20. The van der Waals surface area contributed by atoms with Gasteiger partial charge in [0.15, 0.2) is 0 Å². The van der Waals surface area contributed by atoms with Crippen LogP contribution in [0.2, 0.25) is 0 Å². The standard InChI is InChI=1S/C13H17BrN2O3S/c1-2-16(9-13(17)15-11-5-6-11)20(18,19)12-7-3-10(14)4-8-12/h3-4,7-8,11H,2,5-6,9H2,1H3,(H,15,17). The van der Waals surface area contributed by atoms with Crippen molar-refractivity contribution in [2.45, 2.75) is 30.7 Å². The Hall–Kier alpha value is -0.920. The molecule has 1 saturated carbocycles. The fourth-order valence-corrected chi connectivity index (χ4v) is 3.45. The van der Waals surface area contributed by atoms with Gasteiger partial charge in [-0.3, -0.25) is 4.79 Å². The van der Waals surface area contributed by atoms with Crippen molar-refractivity contribution in [3.8, 4) is 0 Å². The van der Waals surface area contributed by atoms with E-state index in [9.17, 15) is 13.2 Å². The number of rotatable bonds is 6. The molecule has 1 aliphatic carbocycles. The molecular formula is C13H17BrN2O3S. The molecule has 0 unspecified atom stereocenters. The van der Waals surface area contributed by atoms with Gasteiger partial charge in [0.05, 0.1) is 11.4 Å². The molecule has 1 aliphatic rings. The van der Waals surface area contributed by atoms with E-state index in [2.05, 4.69) is 21.2 Å². The molecule has 0 aliphatic heterocycles. The van der Waals surface area contributed by atoms with E-state index in [4.69, 9.17) is 0 Å². The Bertz CT molecular complexity index is 582. The molecule has 0 saturated heterocycles. The van der Waals surface area contributed by atoms with Crippen LogP contribution in [0.4, 0.5) is 0 Å². The molecule has 1 aromatic carbocycles. The molecule has 1 amide bonds. The van der Waals surface area contributed by atoms with Crippen LogP contribution in [-0.4, -0.2) is 37.8 Å². The van der Waals surface area contributed by atoms with Crippen LogP contribution in [0.3, 0.4) is 0 Å². The third kappa shape index (κ3) is 3.80. The van der Waals surface area contributed by atoms with Gasteiger partial charge >= 0.3 is 0 Å². The molecule has 0 atom stereocenters. The molecule has 110 valence electrons. The van der Waals surface area contributed by atoms with Gasteiger partial charge in [-0.1, -0.05) is 22.9 Å². The largest absolute Gasteiger partial charge is 0.352 e. The van der Waals surface area contributed by atoms with Crippen molar-refractivity contribution in [3.63, 3.8) is 0 Å². The summed E-state index contributed by atoms with van der Waals surface area (Å²) in [6.07, 6.45) is 1.97. The number of nitrogens with zero attached hydrogens (tertiary/aromatic N) is 1. The summed E-state index contributed by atoms with van der Waals surface area (Å²) in [5.41, 5.74) is 0. The van der Waals surface area contributed by atoms with Gasteiger partial charge in [0.1, 0.15) is 0 Å². The first-order valence-corrected chi connectivity index (χ1v) is 8.72. The average molecular weight is 361 g/mol. The fraction of sp³-hybridized carbons (Fsp3) is 0.462. The second kappa shape index (κ2) is 6.24.